The summed E-state index contributed by atoms with van der Waals surface area (Å²) in [4.78, 5) is 18.2. The number of benzene rings is 1. The van der Waals surface area contributed by atoms with E-state index in [9.17, 15) is 4.79 Å². The molecule has 0 bridgehead atoms. The van der Waals surface area contributed by atoms with E-state index in [1.165, 1.54) is 28.0 Å². The molecule has 0 fully saturated rings. The summed E-state index contributed by atoms with van der Waals surface area (Å²) in [6.07, 6.45) is 2.19. The van der Waals surface area contributed by atoms with Crippen molar-refractivity contribution in [2.45, 2.75) is 24.9 Å². The van der Waals surface area contributed by atoms with Gasteiger partial charge >= 0.3 is 0 Å². The molecule has 4 rings (SSSR count). The molecule has 4 aromatic rings. The van der Waals surface area contributed by atoms with Crippen molar-refractivity contribution in [2.75, 3.05) is 11.1 Å². The van der Waals surface area contributed by atoms with Crippen LogP contribution < -0.4 is 5.32 Å². The van der Waals surface area contributed by atoms with E-state index in [1.807, 2.05) is 41.3 Å². The van der Waals surface area contributed by atoms with Gasteiger partial charge in [0.05, 0.1) is 11.4 Å². The molecule has 1 N–H and O–H groups in total. The van der Waals surface area contributed by atoms with Gasteiger partial charge < -0.3 is 9.88 Å². The number of thiazole rings is 1. The number of halogens is 1. The maximum absolute atomic E-state index is 12.4. The molecule has 0 saturated heterocycles. The van der Waals surface area contributed by atoms with Crippen molar-refractivity contribution in [3.63, 3.8) is 0 Å². The van der Waals surface area contributed by atoms with Crippen molar-refractivity contribution < 1.29 is 4.79 Å². The number of carbonyl (C=O) groups is 1. The molecule has 31 heavy (non-hydrogen) atoms. The van der Waals surface area contributed by atoms with E-state index in [2.05, 4.69) is 38.9 Å². The lowest BCUT2D eigenvalue weighted by molar-refractivity contribution is -0.113. The van der Waals surface area contributed by atoms with Crippen LogP contribution >= 0.6 is 46.0 Å². The van der Waals surface area contributed by atoms with Crippen molar-refractivity contribution in [1.82, 2.24) is 19.7 Å². The fourth-order valence-electron chi connectivity index (χ4n) is 2.94. The monoisotopic (exact) mass is 489 g/mol. The molecular weight excluding hydrogens is 470 g/mol. The van der Waals surface area contributed by atoms with Crippen LogP contribution in [0.1, 0.15) is 18.2 Å². The summed E-state index contributed by atoms with van der Waals surface area (Å²) in [5.41, 5.74) is 2.83. The molecular formula is C21H20ClN5OS3. The summed E-state index contributed by atoms with van der Waals surface area (Å²) in [6, 6.07) is 9.62. The number of carbonyl (C=O) groups excluding carboxylic acids is 1. The van der Waals surface area contributed by atoms with Crippen LogP contribution in [0.3, 0.4) is 0 Å². The van der Waals surface area contributed by atoms with Crippen LogP contribution in [0, 0.1) is 0 Å². The highest BCUT2D eigenvalue weighted by atomic mass is 35.5. The van der Waals surface area contributed by atoms with Gasteiger partial charge in [-0.1, -0.05) is 48.8 Å². The van der Waals surface area contributed by atoms with Crippen LogP contribution in [0.4, 0.5) is 5.13 Å². The number of thioether (sulfide) groups is 1. The number of amides is 1. The molecule has 3 aromatic heterocycles. The summed E-state index contributed by atoms with van der Waals surface area (Å²) < 4.78 is 1.93. The fraction of sp³-hybridized carbons (Fsp3) is 0.238. The van der Waals surface area contributed by atoms with E-state index < -0.39 is 0 Å². The SMILES string of the molecule is CCCc1cc(-c2nnc(SCC(=O)Nc3nc(-c4ccc(Cl)cc4)cs3)n2C)cs1. The summed E-state index contributed by atoms with van der Waals surface area (Å²) in [5, 5.41) is 17.4. The normalized spacial score (nSPS) is 11.1. The maximum Gasteiger partial charge on any atom is 0.236 e. The van der Waals surface area contributed by atoms with E-state index in [0.29, 0.717) is 15.3 Å². The van der Waals surface area contributed by atoms with Crippen LogP contribution in [0.25, 0.3) is 22.6 Å². The predicted molar refractivity (Wildman–Crippen MR) is 130 cm³/mol. The second-order valence-corrected chi connectivity index (χ2v) is 10.0. The first-order chi connectivity index (χ1) is 15.0. The van der Waals surface area contributed by atoms with Gasteiger partial charge in [0.2, 0.25) is 5.91 Å². The molecule has 6 nitrogen and oxygen atoms in total. The number of thiophene rings is 1. The van der Waals surface area contributed by atoms with Crippen molar-refractivity contribution >= 4 is 57.1 Å². The molecule has 3 heterocycles. The van der Waals surface area contributed by atoms with E-state index >= 15 is 0 Å². The zero-order valence-electron chi connectivity index (χ0n) is 17.0. The van der Waals surface area contributed by atoms with Gasteiger partial charge in [-0.3, -0.25) is 4.79 Å². The molecule has 1 amide bonds. The maximum atomic E-state index is 12.4. The van der Waals surface area contributed by atoms with Gasteiger partial charge in [-0.2, -0.15) is 0 Å². The highest BCUT2D eigenvalue weighted by Gasteiger charge is 2.15. The minimum Gasteiger partial charge on any atom is -0.305 e. The Morgan fingerprint density at radius 1 is 1.16 bits per heavy atom. The van der Waals surface area contributed by atoms with Crippen molar-refractivity contribution in [2.24, 2.45) is 7.05 Å². The Kier molecular flexibility index (Phi) is 7.06. The van der Waals surface area contributed by atoms with Gasteiger partial charge in [0.15, 0.2) is 16.1 Å². The Labute approximate surface area is 197 Å². The van der Waals surface area contributed by atoms with Crippen LogP contribution in [-0.2, 0) is 18.3 Å². The van der Waals surface area contributed by atoms with Crippen molar-refractivity contribution in [3.8, 4) is 22.6 Å². The molecule has 0 spiro atoms. The summed E-state index contributed by atoms with van der Waals surface area (Å²) in [7, 11) is 1.92. The van der Waals surface area contributed by atoms with Gasteiger partial charge in [-0.15, -0.1) is 32.9 Å². The first-order valence-electron chi connectivity index (χ1n) is 9.64. The van der Waals surface area contributed by atoms with E-state index in [1.54, 1.807) is 11.3 Å². The minimum atomic E-state index is -0.132. The third-order valence-electron chi connectivity index (χ3n) is 4.47. The topological polar surface area (TPSA) is 72.7 Å². The highest BCUT2D eigenvalue weighted by Crippen LogP contribution is 2.28. The quantitative estimate of drug-likeness (QED) is 0.307. The largest absolute Gasteiger partial charge is 0.305 e. The molecule has 160 valence electrons. The highest BCUT2D eigenvalue weighted by molar-refractivity contribution is 7.99. The predicted octanol–water partition coefficient (Wildman–Crippen LogP) is 6.00. The molecule has 0 radical (unpaired) electrons. The molecule has 10 heteroatoms. The molecule has 1 aromatic carbocycles. The number of hydrogen-bond donors (Lipinski definition) is 1. The van der Waals surface area contributed by atoms with Gasteiger partial charge in [-0.25, -0.2) is 4.98 Å². The Bertz CT molecular complexity index is 1180. The standard InChI is InChI=1S/C21H20ClN5OS3/c1-3-4-16-9-14(10-29-16)19-25-26-21(27(19)2)31-12-18(28)24-20-23-17(11-30-20)13-5-7-15(22)8-6-13/h5-11H,3-4,12H2,1-2H3,(H,23,24,28). The van der Waals surface area contributed by atoms with Gasteiger partial charge in [0, 0.05) is 38.8 Å². The lowest BCUT2D eigenvalue weighted by Crippen LogP contribution is -2.14. The minimum absolute atomic E-state index is 0.132. The lowest BCUT2D eigenvalue weighted by Gasteiger charge is -2.03. The third-order valence-corrected chi connectivity index (χ3v) is 7.49. The molecule has 0 unspecified atom stereocenters. The van der Waals surface area contributed by atoms with Crippen LogP contribution in [0.2, 0.25) is 5.02 Å². The number of nitrogens with one attached hydrogen (secondary N) is 1. The second kappa shape index (κ2) is 9.95. The Balaban J connectivity index is 1.35. The van der Waals surface area contributed by atoms with Gasteiger partial charge in [0.25, 0.3) is 0 Å². The van der Waals surface area contributed by atoms with E-state index in [-0.39, 0.29) is 11.7 Å². The number of anilines is 1. The van der Waals surface area contributed by atoms with Crippen molar-refractivity contribution in [3.05, 3.63) is 51.0 Å². The first-order valence-corrected chi connectivity index (χ1v) is 12.8. The summed E-state index contributed by atoms with van der Waals surface area (Å²) in [6.45, 7) is 2.17. The molecule has 0 aliphatic rings. The zero-order valence-corrected chi connectivity index (χ0v) is 20.2. The number of hydrogen-bond acceptors (Lipinski definition) is 7. The van der Waals surface area contributed by atoms with E-state index in [0.717, 1.165) is 35.5 Å². The van der Waals surface area contributed by atoms with Gasteiger partial charge in [-0.05, 0) is 24.6 Å². The van der Waals surface area contributed by atoms with Crippen LogP contribution in [0.15, 0.2) is 46.2 Å². The molecule has 0 aliphatic heterocycles. The van der Waals surface area contributed by atoms with Crippen LogP contribution in [0.5, 0.6) is 0 Å². The Morgan fingerprint density at radius 3 is 2.74 bits per heavy atom. The molecule has 0 saturated carbocycles. The average Bonchev–Trinajstić information content (AvgIpc) is 3.48. The van der Waals surface area contributed by atoms with Crippen LogP contribution in [-0.4, -0.2) is 31.4 Å². The summed E-state index contributed by atoms with van der Waals surface area (Å²) >= 11 is 10.4. The third kappa shape index (κ3) is 5.35. The summed E-state index contributed by atoms with van der Waals surface area (Å²) in [5.74, 6) is 0.911. The molecule has 0 atom stereocenters. The number of rotatable bonds is 8. The zero-order chi connectivity index (χ0) is 21.8. The average molecular weight is 490 g/mol. The Morgan fingerprint density at radius 2 is 1.97 bits per heavy atom. The van der Waals surface area contributed by atoms with Crippen molar-refractivity contribution in [1.29, 1.82) is 0 Å². The second-order valence-electron chi connectivity index (χ2n) is 6.80. The number of nitrogens with zero attached hydrogens (tertiary/aromatic N) is 4. The lowest BCUT2D eigenvalue weighted by atomic mass is 10.2. The fourth-order valence-corrected chi connectivity index (χ4v) is 5.48. The number of aryl methyl sites for hydroxylation is 1. The van der Waals surface area contributed by atoms with E-state index in [4.69, 9.17) is 11.6 Å². The molecule has 0 aliphatic carbocycles. The van der Waals surface area contributed by atoms with Gasteiger partial charge in [0.1, 0.15) is 0 Å². The number of aromatic nitrogens is 4. The Hall–Kier alpha value is -2.20. The smallest absolute Gasteiger partial charge is 0.236 e. The first kappa shape index (κ1) is 22.0.